The van der Waals surface area contributed by atoms with E-state index in [1.165, 1.54) is 4.88 Å². The number of benzene rings is 1. The fourth-order valence-electron chi connectivity index (χ4n) is 2.53. The fraction of sp³-hybridized carbons (Fsp3) is 0.500. The highest BCUT2D eigenvalue weighted by Gasteiger charge is 2.03. The van der Waals surface area contributed by atoms with Gasteiger partial charge in [-0.1, -0.05) is 6.07 Å². The van der Waals surface area contributed by atoms with Crippen LogP contribution in [0.15, 0.2) is 46.8 Å². The van der Waals surface area contributed by atoms with Gasteiger partial charge in [-0.15, -0.1) is 35.3 Å². The van der Waals surface area contributed by atoms with Gasteiger partial charge in [-0.05, 0) is 62.4 Å². The summed E-state index contributed by atoms with van der Waals surface area (Å²) in [5.41, 5.74) is 0.972. The Morgan fingerprint density at radius 1 is 1.10 bits per heavy atom. The standard InChI is InChI=1S/C22H33N3O3S.HI/c1-18(2)28-20-9-7-19(8-10-20)25-22(23-12-5-14-27-16-15-26-3)24-13-11-21-6-4-17-29-21;/h4,6-10,17-18H,5,11-16H2,1-3H3,(H2,23,24,25);1H. The van der Waals surface area contributed by atoms with E-state index < -0.39 is 0 Å². The predicted molar refractivity (Wildman–Crippen MR) is 137 cm³/mol. The lowest BCUT2D eigenvalue weighted by Crippen LogP contribution is -2.32. The zero-order valence-electron chi connectivity index (χ0n) is 18.1. The van der Waals surface area contributed by atoms with Crippen LogP contribution in [0, 0.1) is 0 Å². The molecule has 0 aliphatic rings. The molecule has 8 heteroatoms. The highest BCUT2D eigenvalue weighted by Crippen LogP contribution is 2.17. The van der Waals surface area contributed by atoms with E-state index in [0.717, 1.165) is 36.8 Å². The molecular formula is C22H34IN3O3S. The number of aliphatic imine (C=N–C) groups is 1. The summed E-state index contributed by atoms with van der Waals surface area (Å²) in [6.07, 6.45) is 2.00. The van der Waals surface area contributed by atoms with Crippen molar-refractivity contribution in [1.29, 1.82) is 0 Å². The van der Waals surface area contributed by atoms with Crippen LogP contribution in [0.5, 0.6) is 5.75 Å². The number of rotatable bonds is 13. The van der Waals surface area contributed by atoms with Gasteiger partial charge in [-0.25, -0.2) is 0 Å². The van der Waals surface area contributed by atoms with E-state index >= 15 is 0 Å². The number of halogens is 1. The first-order valence-electron chi connectivity index (χ1n) is 10.1. The Morgan fingerprint density at radius 3 is 2.57 bits per heavy atom. The normalized spacial score (nSPS) is 11.3. The Morgan fingerprint density at radius 2 is 1.90 bits per heavy atom. The smallest absolute Gasteiger partial charge is 0.195 e. The monoisotopic (exact) mass is 547 g/mol. The van der Waals surface area contributed by atoms with Crippen LogP contribution >= 0.6 is 35.3 Å². The number of ether oxygens (including phenoxy) is 3. The van der Waals surface area contributed by atoms with E-state index in [1.54, 1.807) is 18.4 Å². The van der Waals surface area contributed by atoms with Gasteiger partial charge in [0.2, 0.25) is 0 Å². The number of nitrogens with one attached hydrogen (secondary N) is 2. The molecule has 2 N–H and O–H groups in total. The molecule has 0 saturated heterocycles. The number of nitrogens with zero attached hydrogens (tertiary/aromatic N) is 1. The summed E-state index contributed by atoms with van der Waals surface area (Å²) in [7, 11) is 1.68. The first-order chi connectivity index (χ1) is 14.2. The number of hydrogen-bond donors (Lipinski definition) is 2. The van der Waals surface area contributed by atoms with E-state index in [2.05, 4.69) is 33.1 Å². The van der Waals surface area contributed by atoms with E-state index in [0.29, 0.717) is 26.4 Å². The highest BCUT2D eigenvalue weighted by atomic mass is 127. The fourth-order valence-corrected chi connectivity index (χ4v) is 3.24. The summed E-state index contributed by atoms with van der Waals surface area (Å²) in [4.78, 5) is 6.04. The molecule has 0 radical (unpaired) electrons. The first kappa shape index (κ1) is 26.7. The molecule has 2 rings (SSSR count). The van der Waals surface area contributed by atoms with Gasteiger partial charge in [0.15, 0.2) is 5.96 Å². The minimum Gasteiger partial charge on any atom is -0.491 e. The zero-order valence-corrected chi connectivity index (χ0v) is 21.2. The van der Waals surface area contributed by atoms with Crippen LogP contribution in [0.25, 0.3) is 0 Å². The molecule has 30 heavy (non-hydrogen) atoms. The quantitative estimate of drug-likeness (QED) is 0.163. The van der Waals surface area contributed by atoms with Gasteiger partial charge in [0, 0.05) is 37.4 Å². The predicted octanol–water partition coefficient (Wildman–Crippen LogP) is 4.81. The molecule has 168 valence electrons. The minimum absolute atomic E-state index is 0. The number of thiophene rings is 1. The SMILES string of the molecule is COCCOCCCN=C(NCCc1cccs1)Nc1ccc(OC(C)C)cc1.I. The van der Waals surface area contributed by atoms with Gasteiger partial charge < -0.3 is 24.8 Å². The van der Waals surface area contributed by atoms with Crippen LogP contribution in [0.1, 0.15) is 25.1 Å². The molecule has 6 nitrogen and oxygen atoms in total. The first-order valence-corrected chi connectivity index (χ1v) is 11.0. The van der Waals surface area contributed by atoms with Gasteiger partial charge in [0.25, 0.3) is 0 Å². The molecule has 0 unspecified atom stereocenters. The van der Waals surface area contributed by atoms with E-state index in [4.69, 9.17) is 14.2 Å². The molecule has 0 aliphatic carbocycles. The van der Waals surface area contributed by atoms with Gasteiger partial charge >= 0.3 is 0 Å². The maximum atomic E-state index is 5.70. The summed E-state index contributed by atoms with van der Waals surface area (Å²) in [6.45, 7) is 7.48. The number of hydrogen-bond acceptors (Lipinski definition) is 5. The molecule has 0 fully saturated rings. The molecular weight excluding hydrogens is 513 g/mol. The number of anilines is 1. The number of methoxy groups -OCH3 is 1. The Balaban J connectivity index is 0.00000450. The third-order valence-electron chi connectivity index (χ3n) is 3.88. The molecule has 1 aromatic carbocycles. The van der Waals surface area contributed by atoms with Crippen LogP contribution in [0.4, 0.5) is 5.69 Å². The Labute approximate surface area is 201 Å². The molecule has 0 amide bonds. The Hall–Kier alpha value is -1.36. The van der Waals surface area contributed by atoms with Crippen LogP contribution in [0.3, 0.4) is 0 Å². The van der Waals surface area contributed by atoms with Crippen molar-refractivity contribution in [2.24, 2.45) is 4.99 Å². The van der Waals surface area contributed by atoms with Crippen molar-refractivity contribution in [3.63, 3.8) is 0 Å². The number of guanidine groups is 1. The highest BCUT2D eigenvalue weighted by molar-refractivity contribution is 14.0. The van der Waals surface area contributed by atoms with Gasteiger partial charge in [0.05, 0.1) is 19.3 Å². The van der Waals surface area contributed by atoms with E-state index in [-0.39, 0.29) is 30.1 Å². The van der Waals surface area contributed by atoms with Gasteiger partial charge in [-0.3, -0.25) is 4.99 Å². The minimum atomic E-state index is 0. The second kappa shape index (κ2) is 16.3. The van der Waals surface area contributed by atoms with Crippen LogP contribution in [-0.4, -0.2) is 52.1 Å². The largest absolute Gasteiger partial charge is 0.491 e. The summed E-state index contributed by atoms with van der Waals surface area (Å²) < 4.78 is 16.2. The summed E-state index contributed by atoms with van der Waals surface area (Å²) in [5.74, 6) is 1.64. The Bertz CT molecular complexity index is 694. The maximum Gasteiger partial charge on any atom is 0.195 e. The second-order valence-corrected chi connectivity index (χ2v) is 7.79. The molecule has 2 aromatic rings. The molecule has 0 atom stereocenters. The molecule has 0 bridgehead atoms. The van der Waals surface area contributed by atoms with Crippen molar-refractivity contribution in [1.82, 2.24) is 5.32 Å². The second-order valence-electron chi connectivity index (χ2n) is 6.76. The Kier molecular flexibility index (Phi) is 14.5. The molecule has 0 aliphatic heterocycles. The topological polar surface area (TPSA) is 64.1 Å². The maximum absolute atomic E-state index is 5.70. The van der Waals surface area contributed by atoms with Crippen molar-refractivity contribution >= 4 is 47.0 Å². The lowest BCUT2D eigenvalue weighted by Gasteiger charge is -2.14. The zero-order chi connectivity index (χ0) is 20.7. The van der Waals surface area contributed by atoms with Crippen molar-refractivity contribution in [2.45, 2.75) is 32.8 Å². The third-order valence-corrected chi connectivity index (χ3v) is 4.82. The van der Waals surface area contributed by atoms with Crippen LogP contribution in [0.2, 0.25) is 0 Å². The lowest BCUT2D eigenvalue weighted by molar-refractivity contribution is 0.0702. The van der Waals surface area contributed by atoms with Crippen molar-refractivity contribution in [3.05, 3.63) is 46.7 Å². The van der Waals surface area contributed by atoms with Crippen LogP contribution in [-0.2, 0) is 15.9 Å². The van der Waals surface area contributed by atoms with Crippen molar-refractivity contribution < 1.29 is 14.2 Å². The molecule has 0 saturated carbocycles. The third kappa shape index (κ3) is 11.7. The summed E-state index contributed by atoms with van der Waals surface area (Å²) in [6, 6.07) is 12.2. The molecule has 1 aromatic heterocycles. The van der Waals surface area contributed by atoms with Crippen LogP contribution < -0.4 is 15.4 Å². The van der Waals surface area contributed by atoms with E-state index in [9.17, 15) is 0 Å². The average Bonchev–Trinajstić information content (AvgIpc) is 3.21. The van der Waals surface area contributed by atoms with Crippen molar-refractivity contribution in [3.8, 4) is 5.75 Å². The van der Waals surface area contributed by atoms with Crippen molar-refractivity contribution in [2.75, 3.05) is 45.3 Å². The average molecular weight is 548 g/mol. The summed E-state index contributed by atoms with van der Waals surface area (Å²) in [5, 5.41) is 8.90. The van der Waals surface area contributed by atoms with Gasteiger partial charge in [0.1, 0.15) is 5.75 Å². The lowest BCUT2D eigenvalue weighted by atomic mass is 10.3. The van der Waals surface area contributed by atoms with E-state index in [1.807, 2.05) is 38.1 Å². The molecule has 0 spiro atoms. The van der Waals surface area contributed by atoms with Gasteiger partial charge in [-0.2, -0.15) is 0 Å². The summed E-state index contributed by atoms with van der Waals surface area (Å²) >= 11 is 1.77. The molecule has 1 heterocycles.